The molecule has 1 aromatic carbocycles. The Kier molecular flexibility index (Phi) is 2.95. The summed E-state index contributed by atoms with van der Waals surface area (Å²) in [5.41, 5.74) is 3.28. The van der Waals surface area contributed by atoms with Gasteiger partial charge >= 0.3 is 0 Å². The third-order valence-electron chi connectivity index (χ3n) is 3.38. The van der Waals surface area contributed by atoms with Crippen molar-refractivity contribution in [2.24, 2.45) is 0 Å². The highest BCUT2D eigenvalue weighted by molar-refractivity contribution is 6.12. The first kappa shape index (κ1) is 12.3. The number of carbonyl (C=O) groups excluding carboxylic acids is 1. The molecule has 0 unspecified atom stereocenters. The minimum atomic E-state index is -0.182. The number of pyridine rings is 1. The van der Waals surface area contributed by atoms with E-state index in [4.69, 9.17) is 0 Å². The number of aryl methyl sites for hydroxylation is 1. The van der Waals surface area contributed by atoms with Crippen LogP contribution in [0.5, 0.6) is 0 Å². The average molecular weight is 266 g/mol. The third-order valence-corrected chi connectivity index (χ3v) is 3.38. The van der Waals surface area contributed by atoms with Crippen molar-refractivity contribution in [3.63, 3.8) is 0 Å². The summed E-state index contributed by atoms with van der Waals surface area (Å²) in [5, 5.41) is 10.6. The standard InChI is InChI=1S/C15H14N4O/c1-9-10(2)18-19-14(9)17-15(20)12-7-8-16-13-6-4-3-5-11(12)13/h3-8H,1-2H3,(H2,17,18,19,20). The van der Waals surface area contributed by atoms with E-state index in [9.17, 15) is 4.79 Å². The van der Waals surface area contributed by atoms with Crippen LogP contribution in [0, 0.1) is 13.8 Å². The molecule has 0 aliphatic rings. The number of nitrogens with zero attached hydrogens (tertiary/aromatic N) is 2. The van der Waals surface area contributed by atoms with Crippen LogP contribution in [0.3, 0.4) is 0 Å². The first-order valence-electron chi connectivity index (χ1n) is 6.33. The number of carbonyl (C=O) groups is 1. The maximum Gasteiger partial charge on any atom is 0.257 e. The second-order valence-electron chi connectivity index (χ2n) is 4.65. The molecule has 0 bridgehead atoms. The van der Waals surface area contributed by atoms with Gasteiger partial charge in [-0.25, -0.2) is 0 Å². The summed E-state index contributed by atoms with van der Waals surface area (Å²) < 4.78 is 0. The Labute approximate surface area is 116 Å². The zero-order chi connectivity index (χ0) is 14.1. The van der Waals surface area contributed by atoms with Gasteiger partial charge in [-0.05, 0) is 26.0 Å². The molecule has 0 atom stereocenters. The van der Waals surface area contributed by atoms with E-state index >= 15 is 0 Å². The molecule has 0 aliphatic carbocycles. The first-order valence-corrected chi connectivity index (χ1v) is 6.33. The molecule has 0 spiro atoms. The summed E-state index contributed by atoms with van der Waals surface area (Å²) in [6.07, 6.45) is 1.64. The van der Waals surface area contributed by atoms with Gasteiger partial charge in [0.15, 0.2) is 5.82 Å². The van der Waals surface area contributed by atoms with Crippen molar-refractivity contribution in [1.29, 1.82) is 0 Å². The van der Waals surface area contributed by atoms with Gasteiger partial charge in [0.25, 0.3) is 5.91 Å². The van der Waals surface area contributed by atoms with Crippen LogP contribution < -0.4 is 5.32 Å². The number of nitrogens with one attached hydrogen (secondary N) is 2. The molecule has 2 heterocycles. The number of hydrogen-bond acceptors (Lipinski definition) is 3. The molecule has 0 aliphatic heterocycles. The van der Waals surface area contributed by atoms with E-state index < -0.39 is 0 Å². The van der Waals surface area contributed by atoms with Gasteiger partial charge in [0.1, 0.15) is 0 Å². The first-order chi connectivity index (χ1) is 9.66. The molecule has 1 amide bonds. The number of benzene rings is 1. The number of para-hydroxylation sites is 1. The zero-order valence-corrected chi connectivity index (χ0v) is 11.3. The molecule has 5 nitrogen and oxygen atoms in total. The molecule has 3 aromatic rings. The molecule has 0 saturated heterocycles. The summed E-state index contributed by atoms with van der Waals surface area (Å²) >= 11 is 0. The van der Waals surface area contributed by atoms with E-state index in [1.165, 1.54) is 0 Å². The van der Waals surface area contributed by atoms with Crippen molar-refractivity contribution >= 4 is 22.6 Å². The molecular formula is C15H14N4O. The second kappa shape index (κ2) is 4.77. The van der Waals surface area contributed by atoms with Crippen molar-refractivity contribution in [3.05, 3.63) is 53.3 Å². The lowest BCUT2D eigenvalue weighted by molar-refractivity contribution is 0.102. The summed E-state index contributed by atoms with van der Waals surface area (Å²) in [7, 11) is 0. The fourth-order valence-electron chi connectivity index (χ4n) is 2.08. The number of H-pyrrole nitrogens is 1. The van der Waals surface area contributed by atoms with Gasteiger partial charge in [0.2, 0.25) is 0 Å². The predicted octanol–water partition coefficient (Wildman–Crippen LogP) is 2.83. The molecule has 3 rings (SSSR count). The van der Waals surface area contributed by atoms with Crippen LogP contribution in [0.2, 0.25) is 0 Å². The summed E-state index contributed by atoms with van der Waals surface area (Å²) in [6, 6.07) is 9.28. The summed E-state index contributed by atoms with van der Waals surface area (Å²) in [5.74, 6) is 0.381. The Hall–Kier alpha value is -2.69. The number of rotatable bonds is 2. The van der Waals surface area contributed by atoms with Gasteiger partial charge in [-0.1, -0.05) is 18.2 Å². The van der Waals surface area contributed by atoms with Crippen molar-refractivity contribution in [2.45, 2.75) is 13.8 Å². The van der Waals surface area contributed by atoms with Crippen LogP contribution in [0.4, 0.5) is 5.82 Å². The molecule has 0 radical (unpaired) electrons. The van der Waals surface area contributed by atoms with E-state index in [0.717, 1.165) is 22.2 Å². The van der Waals surface area contributed by atoms with Crippen LogP contribution >= 0.6 is 0 Å². The third kappa shape index (κ3) is 2.03. The molecular weight excluding hydrogens is 252 g/mol. The van der Waals surface area contributed by atoms with E-state index in [-0.39, 0.29) is 5.91 Å². The van der Waals surface area contributed by atoms with Gasteiger partial charge < -0.3 is 5.32 Å². The topological polar surface area (TPSA) is 70.7 Å². The predicted molar refractivity (Wildman–Crippen MR) is 77.8 cm³/mol. The highest BCUT2D eigenvalue weighted by Crippen LogP contribution is 2.19. The number of amides is 1. The lowest BCUT2D eigenvalue weighted by atomic mass is 10.1. The highest BCUT2D eigenvalue weighted by Gasteiger charge is 2.13. The number of hydrogen-bond donors (Lipinski definition) is 2. The fourth-order valence-corrected chi connectivity index (χ4v) is 2.08. The molecule has 0 fully saturated rings. The van der Waals surface area contributed by atoms with Crippen molar-refractivity contribution < 1.29 is 4.79 Å². The Morgan fingerprint density at radius 3 is 2.75 bits per heavy atom. The van der Waals surface area contributed by atoms with E-state index in [0.29, 0.717) is 11.4 Å². The quantitative estimate of drug-likeness (QED) is 0.749. The van der Waals surface area contributed by atoms with Crippen LogP contribution in [0.1, 0.15) is 21.6 Å². The molecule has 0 saturated carbocycles. The number of aromatic amines is 1. The molecule has 20 heavy (non-hydrogen) atoms. The smallest absolute Gasteiger partial charge is 0.257 e. The molecule has 100 valence electrons. The SMILES string of the molecule is Cc1[nH]nc(NC(=O)c2ccnc3ccccc23)c1C. The van der Waals surface area contributed by atoms with Crippen LogP contribution in [-0.2, 0) is 0 Å². The highest BCUT2D eigenvalue weighted by atomic mass is 16.1. The van der Waals surface area contributed by atoms with Gasteiger partial charge in [-0.15, -0.1) is 0 Å². The van der Waals surface area contributed by atoms with Crippen molar-refractivity contribution in [2.75, 3.05) is 5.32 Å². The molecule has 2 N–H and O–H groups in total. The van der Waals surface area contributed by atoms with E-state index in [2.05, 4.69) is 20.5 Å². The average Bonchev–Trinajstić information content (AvgIpc) is 2.78. The second-order valence-corrected chi connectivity index (χ2v) is 4.65. The lowest BCUT2D eigenvalue weighted by Crippen LogP contribution is -2.13. The van der Waals surface area contributed by atoms with Gasteiger partial charge in [0.05, 0.1) is 11.1 Å². The minimum Gasteiger partial charge on any atom is -0.305 e. The fraction of sp³-hybridized carbons (Fsp3) is 0.133. The monoisotopic (exact) mass is 266 g/mol. The Morgan fingerprint density at radius 2 is 2.00 bits per heavy atom. The summed E-state index contributed by atoms with van der Waals surface area (Å²) in [4.78, 5) is 16.6. The Balaban J connectivity index is 1.99. The van der Waals surface area contributed by atoms with Gasteiger partial charge in [-0.2, -0.15) is 5.10 Å². The minimum absolute atomic E-state index is 0.182. The van der Waals surface area contributed by atoms with Crippen molar-refractivity contribution in [3.8, 4) is 0 Å². The van der Waals surface area contributed by atoms with E-state index in [1.807, 2.05) is 38.1 Å². The lowest BCUT2D eigenvalue weighted by Gasteiger charge is -2.06. The van der Waals surface area contributed by atoms with Gasteiger partial charge in [0, 0.05) is 22.8 Å². The van der Waals surface area contributed by atoms with Gasteiger partial charge in [-0.3, -0.25) is 14.9 Å². The zero-order valence-electron chi connectivity index (χ0n) is 11.3. The summed E-state index contributed by atoms with van der Waals surface area (Å²) in [6.45, 7) is 3.83. The van der Waals surface area contributed by atoms with E-state index in [1.54, 1.807) is 12.3 Å². The Morgan fingerprint density at radius 1 is 1.20 bits per heavy atom. The molecule has 5 heteroatoms. The van der Waals surface area contributed by atoms with Crippen LogP contribution in [0.25, 0.3) is 10.9 Å². The number of anilines is 1. The van der Waals surface area contributed by atoms with Crippen LogP contribution in [0.15, 0.2) is 36.5 Å². The maximum atomic E-state index is 12.4. The maximum absolute atomic E-state index is 12.4. The van der Waals surface area contributed by atoms with Crippen molar-refractivity contribution in [1.82, 2.24) is 15.2 Å². The Bertz CT molecular complexity index is 786. The van der Waals surface area contributed by atoms with Crippen LogP contribution in [-0.4, -0.2) is 21.1 Å². The number of fused-ring (bicyclic) bond motifs is 1. The molecule has 2 aromatic heterocycles. The normalized spacial score (nSPS) is 10.7. The largest absolute Gasteiger partial charge is 0.305 e. The number of aromatic nitrogens is 3.